The molecule has 0 unspecified atom stereocenters. The van der Waals surface area contributed by atoms with Crippen molar-refractivity contribution in [3.05, 3.63) is 28.2 Å². The topological polar surface area (TPSA) is 46.5 Å². The number of carboxylic acid groups (broad SMARTS) is 1. The molecule has 0 bridgehead atoms. The van der Waals surface area contributed by atoms with E-state index < -0.39 is 11.4 Å². The van der Waals surface area contributed by atoms with E-state index in [0.717, 1.165) is 22.2 Å². The highest BCUT2D eigenvalue weighted by atomic mass is 79.9. The summed E-state index contributed by atoms with van der Waals surface area (Å²) in [5.74, 6) is 0.00848. The van der Waals surface area contributed by atoms with Crippen molar-refractivity contribution in [2.24, 2.45) is 0 Å². The summed E-state index contributed by atoms with van der Waals surface area (Å²) in [6.45, 7) is 6.58. The van der Waals surface area contributed by atoms with E-state index in [1.165, 1.54) is 0 Å². The standard InChI is InChI=1S/C14H19BrO3/c1-4-7-18-12-6-5-10(8-11(12)15)14(2,3)9-13(16)17/h5-6,8H,4,7,9H2,1-3H3,(H,16,17). The summed E-state index contributed by atoms with van der Waals surface area (Å²) < 4.78 is 6.44. The smallest absolute Gasteiger partial charge is 0.304 e. The highest BCUT2D eigenvalue weighted by Gasteiger charge is 2.24. The number of carbonyl (C=O) groups is 1. The summed E-state index contributed by atoms with van der Waals surface area (Å²) in [5, 5.41) is 8.91. The van der Waals surface area contributed by atoms with Crippen LogP contribution in [0.15, 0.2) is 22.7 Å². The molecule has 1 aromatic rings. The van der Waals surface area contributed by atoms with Crippen LogP contribution in [-0.2, 0) is 10.2 Å². The van der Waals surface area contributed by atoms with Crippen LogP contribution in [0.2, 0.25) is 0 Å². The molecule has 0 amide bonds. The molecule has 0 radical (unpaired) electrons. The number of ether oxygens (including phenoxy) is 1. The van der Waals surface area contributed by atoms with Crippen LogP contribution < -0.4 is 4.74 Å². The highest BCUT2D eigenvalue weighted by molar-refractivity contribution is 9.10. The second-order valence-corrected chi connectivity index (χ2v) is 5.80. The van der Waals surface area contributed by atoms with Gasteiger partial charge in [-0.1, -0.05) is 26.8 Å². The van der Waals surface area contributed by atoms with Gasteiger partial charge in [-0.15, -0.1) is 0 Å². The van der Waals surface area contributed by atoms with Gasteiger partial charge in [0.05, 0.1) is 17.5 Å². The number of hydrogen-bond donors (Lipinski definition) is 1. The second-order valence-electron chi connectivity index (χ2n) is 4.95. The molecule has 18 heavy (non-hydrogen) atoms. The van der Waals surface area contributed by atoms with Crippen molar-refractivity contribution < 1.29 is 14.6 Å². The summed E-state index contributed by atoms with van der Waals surface area (Å²) in [5.41, 5.74) is 0.595. The fourth-order valence-corrected chi connectivity index (χ4v) is 2.22. The molecule has 1 aromatic carbocycles. The maximum atomic E-state index is 10.8. The molecule has 1 N–H and O–H groups in total. The fourth-order valence-electron chi connectivity index (χ4n) is 1.73. The van der Waals surface area contributed by atoms with Crippen molar-refractivity contribution in [2.45, 2.75) is 39.0 Å². The van der Waals surface area contributed by atoms with Gasteiger partial charge in [-0.05, 0) is 40.0 Å². The minimum absolute atomic E-state index is 0.106. The molecular weight excluding hydrogens is 296 g/mol. The zero-order valence-electron chi connectivity index (χ0n) is 11.0. The number of carboxylic acids is 1. The minimum Gasteiger partial charge on any atom is -0.492 e. The number of hydrogen-bond acceptors (Lipinski definition) is 2. The van der Waals surface area contributed by atoms with Gasteiger partial charge in [-0.2, -0.15) is 0 Å². The molecule has 0 fully saturated rings. The molecule has 0 aliphatic carbocycles. The first kappa shape index (κ1) is 15.0. The Morgan fingerprint density at radius 2 is 2.11 bits per heavy atom. The van der Waals surface area contributed by atoms with Crippen LogP contribution in [0.25, 0.3) is 0 Å². The monoisotopic (exact) mass is 314 g/mol. The van der Waals surface area contributed by atoms with Crippen molar-refractivity contribution in [2.75, 3.05) is 6.61 Å². The minimum atomic E-state index is -0.789. The predicted octanol–water partition coefficient (Wildman–Crippen LogP) is 3.99. The van der Waals surface area contributed by atoms with Crippen molar-refractivity contribution in [3.8, 4) is 5.75 Å². The average Bonchev–Trinajstić information content (AvgIpc) is 2.25. The van der Waals surface area contributed by atoms with E-state index in [4.69, 9.17) is 9.84 Å². The van der Waals surface area contributed by atoms with Gasteiger partial charge in [0.1, 0.15) is 5.75 Å². The molecule has 0 spiro atoms. The van der Waals surface area contributed by atoms with Crippen molar-refractivity contribution in [3.63, 3.8) is 0 Å². The van der Waals surface area contributed by atoms with E-state index in [0.29, 0.717) is 6.61 Å². The lowest BCUT2D eigenvalue weighted by molar-refractivity contribution is -0.138. The first-order chi connectivity index (χ1) is 8.36. The molecule has 0 saturated heterocycles. The van der Waals surface area contributed by atoms with Crippen LogP contribution in [-0.4, -0.2) is 17.7 Å². The Morgan fingerprint density at radius 3 is 2.61 bits per heavy atom. The molecule has 1 rings (SSSR count). The van der Waals surface area contributed by atoms with Crippen LogP contribution in [0.3, 0.4) is 0 Å². The molecule has 0 heterocycles. The third kappa shape index (κ3) is 4.02. The lowest BCUT2D eigenvalue weighted by Gasteiger charge is -2.23. The Hall–Kier alpha value is -1.03. The number of benzene rings is 1. The number of rotatable bonds is 6. The Morgan fingerprint density at radius 1 is 1.44 bits per heavy atom. The van der Waals surface area contributed by atoms with Crippen LogP contribution in [0.4, 0.5) is 0 Å². The van der Waals surface area contributed by atoms with Crippen LogP contribution in [0, 0.1) is 0 Å². The Labute approximate surface area is 116 Å². The lowest BCUT2D eigenvalue weighted by atomic mass is 9.81. The van der Waals surface area contributed by atoms with E-state index in [-0.39, 0.29) is 6.42 Å². The van der Waals surface area contributed by atoms with Gasteiger partial charge in [0.2, 0.25) is 0 Å². The van der Waals surface area contributed by atoms with E-state index in [2.05, 4.69) is 22.9 Å². The predicted molar refractivity (Wildman–Crippen MR) is 75.2 cm³/mol. The van der Waals surface area contributed by atoms with E-state index >= 15 is 0 Å². The fraction of sp³-hybridized carbons (Fsp3) is 0.500. The van der Waals surface area contributed by atoms with E-state index in [1.807, 2.05) is 32.0 Å². The number of halogens is 1. The van der Waals surface area contributed by atoms with Crippen LogP contribution >= 0.6 is 15.9 Å². The summed E-state index contributed by atoms with van der Waals surface area (Å²) in [4.78, 5) is 10.8. The van der Waals surface area contributed by atoms with Crippen molar-refractivity contribution >= 4 is 21.9 Å². The van der Waals surface area contributed by atoms with Gasteiger partial charge in [0, 0.05) is 5.41 Å². The lowest BCUT2D eigenvalue weighted by Crippen LogP contribution is -2.21. The summed E-state index contributed by atoms with van der Waals surface area (Å²) >= 11 is 3.46. The normalized spacial score (nSPS) is 11.3. The summed E-state index contributed by atoms with van der Waals surface area (Å²) in [6.07, 6.45) is 1.06. The third-order valence-electron chi connectivity index (χ3n) is 2.77. The highest BCUT2D eigenvalue weighted by Crippen LogP contribution is 2.33. The Balaban J connectivity index is 2.92. The molecule has 0 atom stereocenters. The molecule has 4 heteroatoms. The zero-order valence-corrected chi connectivity index (χ0v) is 12.6. The van der Waals surface area contributed by atoms with Gasteiger partial charge in [0.15, 0.2) is 0 Å². The molecule has 0 aromatic heterocycles. The van der Waals surface area contributed by atoms with Crippen molar-refractivity contribution in [1.29, 1.82) is 0 Å². The van der Waals surface area contributed by atoms with Crippen LogP contribution in [0.1, 0.15) is 39.2 Å². The summed E-state index contributed by atoms with van der Waals surface area (Å²) in [6, 6.07) is 5.76. The molecule has 0 aliphatic rings. The quantitative estimate of drug-likeness (QED) is 0.863. The molecule has 0 saturated carbocycles. The SMILES string of the molecule is CCCOc1ccc(C(C)(C)CC(=O)O)cc1Br. The maximum absolute atomic E-state index is 10.8. The van der Waals surface area contributed by atoms with E-state index in [1.54, 1.807) is 0 Å². The van der Waals surface area contributed by atoms with E-state index in [9.17, 15) is 4.79 Å². The van der Waals surface area contributed by atoms with Gasteiger partial charge >= 0.3 is 5.97 Å². The Kier molecular flexibility index (Phi) is 5.20. The largest absolute Gasteiger partial charge is 0.492 e. The molecule has 0 aliphatic heterocycles. The third-order valence-corrected chi connectivity index (χ3v) is 3.39. The average molecular weight is 315 g/mol. The van der Waals surface area contributed by atoms with Gasteiger partial charge in [-0.3, -0.25) is 4.79 Å². The summed E-state index contributed by atoms with van der Waals surface area (Å²) in [7, 11) is 0. The van der Waals surface area contributed by atoms with Crippen molar-refractivity contribution in [1.82, 2.24) is 0 Å². The van der Waals surface area contributed by atoms with Gasteiger partial charge in [0.25, 0.3) is 0 Å². The molecule has 3 nitrogen and oxygen atoms in total. The van der Waals surface area contributed by atoms with Crippen LogP contribution in [0.5, 0.6) is 5.75 Å². The first-order valence-electron chi connectivity index (χ1n) is 6.01. The van der Waals surface area contributed by atoms with Gasteiger partial charge in [-0.25, -0.2) is 0 Å². The molecule has 100 valence electrons. The molecular formula is C14H19BrO3. The second kappa shape index (κ2) is 6.23. The Bertz CT molecular complexity index is 427. The maximum Gasteiger partial charge on any atom is 0.304 e. The first-order valence-corrected chi connectivity index (χ1v) is 6.80. The van der Waals surface area contributed by atoms with Gasteiger partial charge < -0.3 is 9.84 Å². The number of aliphatic carboxylic acids is 1. The zero-order chi connectivity index (χ0) is 13.8.